The zero-order valence-electron chi connectivity index (χ0n) is 17.6. The molecule has 0 aliphatic heterocycles. The largest absolute Gasteiger partial charge is 0.445 e. The molecule has 0 bridgehead atoms. The molecule has 0 aliphatic carbocycles. The number of carbonyl (C=O) groups excluding carboxylic acids is 2. The number of hydrogen-bond acceptors (Lipinski definition) is 6. The van der Waals surface area contributed by atoms with Gasteiger partial charge in [0.2, 0.25) is 5.91 Å². The number of nitrogen functional groups attached to an aromatic ring is 1. The van der Waals surface area contributed by atoms with E-state index in [0.29, 0.717) is 17.4 Å². The summed E-state index contributed by atoms with van der Waals surface area (Å²) >= 11 is 1.38. The molecule has 0 aliphatic rings. The molecule has 0 spiro atoms. The Morgan fingerprint density at radius 3 is 2.45 bits per heavy atom. The first-order valence-electron chi connectivity index (χ1n) is 9.97. The van der Waals surface area contributed by atoms with Gasteiger partial charge in [-0.15, -0.1) is 11.3 Å². The highest BCUT2D eigenvalue weighted by atomic mass is 32.1. The van der Waals surface area contributed by atoms with E-state index >= 15 is 0 Å². The molecule has 0 saturated heterocycles. The Balaban J connectivity index is 1.57. The monoisotopic (exact) mass is 438 g/mol. The van der Waals surface area contributed by atoms with E-state index in [9.17, 15) is 9.59 Å². The number of rotatable bonds is 8. The number of nitrogens with one attached hydrogen (secondary N) is 1. The van der Waals surface area contributed by atoms with Gasteiger partial charge in [-0.3, -0.25) is 9.69 Å². The van der Waals surface area contributed by atoms with Crippen molar-refractivity contribution in [3.63, 3.8) is 0 Å². The van der Waals surface area contributed by atoms with Crippen LogP contribution in [0, 0.1) is 5.92 Å². The molecule has 0 unspecified atom stereocenters. The van der Waals surface area contributed by atoms with Crippen molar-refractivity contribution in [1.29, 1.82) is 0 Å². The topological polar surface area (TPSA) is 97.5 Å². The van der Waals surface area contributed by atoms with Gasteiger partial charge in [0.25, 0.3) is 0 Å². The summed E-state index contributed by atoms with van der Waals surface area (Å²) in [5.74, 6) is -0.0927. The SMILES string of the molecule is CC(C)CN(CC(=O)Nc1ccc(-c2csc(N)n2)cc1)C(=O)OCc1ccccc1. The summed E-state index contributed by atoms with van der Waals surface area (Å²) < 4.78 is 5.40. The lowest BCUT2D eigenvalue weighted by molar-refractivity contribution is -0.117. The zero-order chi connectivity index (χ0) is 22.2. The second-order valence-corrected chi connectivity index (χ2v) is 8.40. The van der Waals surface area contributed by atoms with Crippen molar-refractivity contribution in [2.75, 3.05) is 24.1 Å². The number of thiazole rings is 1. The van der Waals surface area contributed by atoms with Crippen molar-refractivity contribution in [2.24, 2.45) is 5.92 Å². The number of ether oxygens (including phenoxy) is 1. The van der Waals surface area contributed by atoms with E-state index in [2.05, 4.69) is 10.3 Å². The second kappa shape index (κ2) is 10.6. The van der Waals surface area contributed by atoms with Crippen LogP contribution in [-0.4, -0.2) is 35.0 Å². The lowest BCUT2D eigenvalue weighted by Gasteiger charge is -2.23. The van der Waals surface area contributed by atoms with Crippen molar-refractivity contribution >= 4 is 34.2 Å². The highest BCUT2D eigenvalue weighted by Crippen LogP contribution is 2.24. The predicted octanol–water partition coefficient (Wildman–Crippen LogP) is 4.63. The first-order valence-corrected chi connectivity index (χ1v) is 10.9. The van der Waals surface area contributed by atoms with Crippen LogP contribution in [0.4, 0.5) is 15.6 Å². The van der Waals surface area contributed by atoms with Gasteiger partial charge in [0.15, 0.2) is 5.13 Å². The molecule has 31 heavy (non-hydrogen) atoms. The average Bonchev–Trinajstić information content (AvgIpc) is 3.18. The smallest absolute Gasteiger partial charge is 0.410 e. The Morgan fingerprint density at radius 1 is 1.13 bits per heavy atom. The van der Waals surface area contributed by atoms with Crippen LogP contribution in [0.5, 0.6) is 0 Å². The maximum atomic E-state index is 12.6. The van der Waals surface area contributed by atoms with Gasteiger partial charge in [-0.25, -0.2) is 9.78 Å². The van der Waals surface area contributed by atoms with E-state index in [0.717, 1.165) is 16.8 Å². The molecule has 3 N–H and O–H groups in total. The van der Waals surface area contributed by atoms with Crippen LogP contribution in [0.3, 0.4) is 0 Å². The second-order valence-electron chi connectivity index (χ2n) is 7.51. The Kier molecular flexibility index (Phi) is 7.61. The van der Waals surface area contributed by atoms with E-state index in [1.165, 1.54) is 16.2 Å². The Bertz CT molecular complexity index is 1000. The number of benzene rings is 2. The summed E-state index contributed by atoms with van der Waals surface area (Å²) in [5, 5.41) is 5.22. The van der Waals surface area contributed by atoms with Crippen LogP contribution in [-0.2, 0) is 16.1 Å². The Labute approximate surface area is 185 Å². The highest BCUT2D eigenvalue weighted by Gasteiger charge is 2.20. The lowest BCUT2D eigenvalue weighted by Crippen LogP contribution is -2.40. The quantitative estimate of drug-likeness (QED) is 0.535. The molecule has 162 valence electrons. The molecule has 0 saturated carbocycles. The first kappa shape index (κ1) is 22.3. The molecular formula is C23H26N4O3S. The van der Waals surface area contributed by atoms with Crippen LogP contribution in [0.2, 0.25) is 0 Å². The Hall–Kier alpha value is -3.39. The molecule has 0 fully saturated rings. The molecular weight excluding hydrogens is 412 g/mol. The van der Waals surface area contributed by atoms with Gasteiger partial charge in [-0.1, -0.05) is 56.3 Å². The fraction of sp³-hybridized carbons (Fsp3) is 0.261. The molecule has 2 aromatic carbocycles. The normalized spacial score (nSPS) is 10.7. The fourth-order valence-electron chi connectivity index (χ4n) is 2.97. The van der Waals surface area contributed by atoms with E-state index in [1.807, 2.05) is 61.7 Å². The van der Waals surface area contributed by atoms with Gasteiger partial charge in [0.05, 0.1) is 5.69 Å². The minimum Gasteiger partial charge on any atom is -0.445 e. The highest BCUT2D eigenvalue weighted by molar-refractivity contribution is 7.13. The molecule has 8 heteroatoms. The van der Waals surface area contributed by atoms with Crippen molar-refractivity contribution in [1.82, 2.24) is 9.88 Å². The number of aromatic nitrogens is 1. The van der Waals surface area contributed by atoms with Crippen LogP contribution < -0.4 is 11.1 Å². The number of carbonyl (C=O) groups is 2. The van der Waals surface area contributed by atoms with Gasteiger partial charge in [-0.05, 0) is 23.6 Å². The third kappa shape index (κ3) is 6.82. The van der Waals surface area contributed by atoms with Crippen LogP contribution in [0.15, 0.2) is 60.0 Å². The van der Waals surface area contributed by atoms with Crippen molar-refractivity contribution in [2.45, 2.75) is 20.5 Å². The molecule has 3 rings (SSSR count). The molecule has 1 aromatic heterocycles. The van der Waals surface area contributed by atoms with Gasteiger partial charge in [0.1, 0.15) is 13.2 Å². The van der Waals surface area contributed by atoms with Crippen LogP contribution in [0.1, 0.15) is 19.4 Å². The maximum Gasteiger partial charge on any atom is 0.410 e. The fourth-order valence-corrected chi connectivity index (χ4v) is 3.55. The van der Waals surface area contributed by atoms with Crippen molar-refractivity contribution in [3.8, 4) is 11.3 Å². The van der Waals surface area contributed by atoms with Gasteiger partial charge >= 0.3 is 6.09 Å². The summed E-state index contributed by atoms with van der Waals surface area (Å²) in [4.78, 5) is 30.8. The molecule has 3 aromatic rings. The Morgan fingerprint density at radius 2 is 1.84 bits per heavy atom. The zero-order valence-corrected chi connectivity index (χ0v) is 18.4. The summed E-state index contributed by atoms with van der Waals surface area (Å²) in [6, 6.07) is 16.8. The number of anilines is 2. The third-order valence-electron chi connectivity index (χ3n) is 4.37. The number of nitrogens with zero attached hydrogens (tertiary/aromatic N) is 2. The van der Waals surface area contributed by atoms with Crippen molar-refractivity contribution in [3.05, 3.63) is 65.5 Å². The number of nitrogens with two attached hydrogens (primary N) is 1. The molecule has 2 amide bonds. The molecule has 0 radical (unpaired) electrons. The summed E-state index contributed by atoms with van der Waals surface area (Å²) in [6.45, 7) is 4.47. The van der Waals surface area contributed by atoms with Crippen molar-refractivity contribution < 1.29 is 14.3 Å². The van der Waals surface area contributed by atoms with Gasteiger partial charge in [0, 0.05) is 23.2 Å². The molecule has 7 nitrogen and oxygen atoms in total. The first-order chi connectivity index (χ1) is 14.9. The maximum absolute atomic E-state index is 12.6. The minimum absolute atomic E-state index is 0.0871. The lowest BCUT2D eigenvalue weighted by atomic mass is 10.1. The number of amides is 2. The minimum atomic E-state index is -0.510. The van der Waals surface area contributed by atoms with Gasteiger partial charge in [-0.2, -0.15) is 0 Å². The van der Waals surface area contributed by atoms with E-state index < -0.39 is 6.09 Å². The summed E-state index contributed by atoms with van der Waals surface area (Å²) in [6.07, 6.45) is -0.510. The van der Waals surface area contributed by atoms with Crippen LogP contribution >= 0.6 is 11.3 Å². The average molecular weight is 439 g/mol. The summed E-state index contributed by atoms with van der Waals surface area (Å²) in [7, 11) is 0. The van der Waals surface area contributed by atoms with Crippen LogP contribution in [0.25, 0.3) is 11.3 Å². The summed E-state index contributed by atoms with van der Waals surface area (Å²) in [5.41, 5.74) is 8.92. The third-order valence-corrected chi connectivity index (χ3v) is 5.04. The molecule has 1 heterocycles. The van der Waals surface area contributed by atoms with E-state index in [4.69, 9.17) is 10.5 Å². The van der Waals surface area contributed by atoms with E-state index in [1.54, 1.807) is 12.1 Å². The predicted molar refractivity (Wildman–Crippen MR) is 124 cm³/mol. The molecule has 0 atom stereocenters. The van der Waals surface area contributed by atoms with Gasteiger partial charge < -0.3 is 15.8 Å². The van der Waals surface area contributed by atoms with E-state index in [-0.39, 0.29) is 25.0 Å². The number of hydrogen-bond donors (Lipinski definition) is 2. The standard InChI is InChI=1S/C23H26N4O3S/c1-16(2)12-27(23(29)30-14-17-6-4-3-5-7-17)13-21(28)25-19-10-8-18(9-11-19)20-15-31-22(24)26-20/h3-11,15-16H,12-14H2,1-2H3,(H2,24,26)(H,25,28).